The lowest BCUT2D eigenvalue weighted by Gasteiger charge is -2.13. The number of H-pyrrole nitrogens is 1. The molecule has 0 fully saturated rings. The van der Waals surface area contributed by atoms with E-state index in [-0.39, 0.29) is 11.3 Å². The number of nitrogens with one attached hydrogen (secondary N) is 1. The van der Waals surface area contributed by atoms with Crippen molar-refractivity contribution in [3.63, 3.8) is 0 Å². The highest BCUT2D eigenvalue weighted by atomic mass is 32.2. The van der Waals surface area contributed by atoms with Gasteiger partial charge in [0.05, 0.1) is 5.75 Å². The molecule has 0 bridgehead atoms. The molecule has 1 N–H and O–H groups in total. The maximum Gasteiger partial charge on any atom is 0.328 e. The predicted molar refractivity (Wildman–Crippen MR) is 60.5 cm³/mol. The Hall–Kier alpha value is -1.88. The number of nitriles is 1. The molecule has 0 aromatic carbocycles. The summed E-state index contributed by atoms with van der Waals surface area (Å²) in [5, 5.41) is 8.64. The average molecular weight is 257 g/mol. The van der Waals surface area contributed by atoms with E-state index >= 15 is 0 Å². The molecule has 7 nitrogen and oxygen atoms in total. The largest absolute Gasteiger partial charge is 0.328 e. The second kappa shape index (κ2) is 4.55. The Kier molecular flexibility index (Phi) is 3.53. The molecule has 17 heavy (non-hydrogen) atoms. The molecule has 1 rings (SSSR count). The Balaban J connectivity index is 3.29. The molecule has 0 aliphatic rings. The summed E-state index contributed by atoms with van der Waals surface area (Å²) in [6, 6.07) is 0.976. The van der Waals surface area contributed by atoms with Crippen LogP contribution in [-0.4, -0.2) is 30.0 Å². The predicted octanol–water partition coefficient (Wildman–Crippen LogP) is -0.986. The summed E-state index contributed by atoms with van der Waals surface area (Å²) >= 11 is 0. The summed E-state index contributed by atoms with van der Waals surface area (Å²) in [5.41, 5.74) is -1.74. The van der Waals surface area contributed by atoms with Crippen LogP contribution in [0.25, 0.3) is 0 Å². The van der Waals surface area contributed by atoms with Crippen molar-refractivity contribution in [1.82, 2.24) is 9.55 Å². The van der Waals surface area contributed by atoms with Gasteiger partial charge in [0.15, 0.2) is 0 Å². The van der Waals surface area contributed by atoms with Gasteiger partial charge in [-0.1, -0.05) is 0 Å². The monoisotopic (exact) mass is 257 g/mol. The molecule has 0 radical (unpaired) electrons. The number of aromatic nitrogens is 2. The molecule has 0 saturated carbocycles. The summed E-state index contributed by atoms with van der Waals surface area (Å²) in [7, 11) is -3.25. The molecule has 1 heterocycles. The highest BCUT2D eigenvalue weighted by Gasteiger charge is 2.15. The van der Waals surface area contributed by atoms with Crippen LogP contribution in [0.3, 0.4) is 0 Å². The second-order valence-electron chi connectivity index (χ2n) is 3.76. The van der Waals surface area contributed by atoms with Crippen molar-refractivity contribution in [3.05, 3.63) is 32.6 Å². The third-order valence-electron chi connectivity index (χ3n) is 2.11. The van der Waals surface area contributed by atoms with Crippen LogP contribution < -0.4 is 11.2 Å². The van der Waals surface area contributed by atoms with E-state index in [0.717, 1.165) is 17.0 Å². The molecule has 8 heteroatoms. The van der Waals surface area contributed by atoms with Gasteiger partial charge in [-0.25, -0.2) is 13.2 Å². The molecule has 0 amide bonds. The first-order valence-corrected chi connectivity index (χ1v) is 6.74. The first-order valence-electron chi connectivity index (χ1n) is 4.68. The van der Waals surface area contributed by atoms with Crippen molar-refractivity contribution in [3.8, 4) is 6.07 Å². The van der Waals surface area contributed by atoms with Gasteiger partial charge in [-0.3, -0.25) is 14.3 Å². The number of nitrogens with zero attached hydrogens (tertiary/aromatic N) is 2. The van der Waals surface area contributed by atoms with E-state index in [1.807, 2.05) is 4.98 Å². The summed E-state index contributed by atoms with van der Waals surface area (Å²) < 4.78 is 23.2. The van der Waals surface area contributed by atoms with Crippen LogP contribution in [0, 0.1) is 11.3 Å². The van der Waals surface area contributed by atoms with Crippen molar-refractivity contribution in [2.24, 2.45) is 0 Å². The Morgan fingerprint density at radius 3 is 2.59 bits per heavy atom. The molecule has 1 aromatic heterocycles. The molecule has 0 saturated heterocycles. The number of hydrogen-bond donors (Lipinski definition) is 1. The van der Waals surface area contributed by atoms with Crippen molar-refractivity contribution < 1.29 is 8.42 Å². The standard InChI is InChI=1S/C9H11N3O4S/c1-6(5-17(2,15)16)12-4-7(3-10)8(13)11-9(12)14/h4,6H,5H2,1-2H3,(H,11,13,14). The van der Waals surface area contributed by atoms with Gasteiger partial charge in [0.1, 0.15) is 21.5 Å². The average Bonchev–Trinajstić information content (AvgIpc) is 2.14. The smallest absolute Gasteiger partial charge is 0.295 e. The third-order valence-corrected chi connectivity index (χ3v) is 3.19. The van der Waals surface area contributed by atoms with Gasteiger partial charge in [-0.05, 0) is 6.92 Å². The fourth-order valence-electron chi connectivity index (χ4n) is 1.41. The zero-order valence-corrected chi connectivity index (χ0v) is 10.1. The van der Waals surface area contributed by atoms with Crippen molar-refractivity contribution in [2.45, 2.75) is 13.0 Å². The Morgan fingerprint density at radius 1 is 1.53 bits per heavy atom. The van der Waals surface area contributed by atoms with E-state index in [4.69, 9.17) is 5.26 Å². The summed E-state index contributed by atoms with van der Waals surface area (Å²) in [4.78, 5) is 24.5. The van der Waals surface area contributed by atoms with Crippen molar-refractivity contribution in [1.29, 1.82) is 5.26 Å². The van der Waals surface area contributed by atoms with Crippen LogP contribution in [-0.2, 0) is 9.84 Å². The minimum Gasteiger partial charge on any atom is -0.295 e. The molecule has 0 aliphatic heterocycles. The lowest BCUT2D eigenvalue weighted by atomic mass is 10.3. The first kappa shape index (κ1) is 13.2. The fraction of sp³-hybridized carbons (Fsp3) is 0.444. The lowest BCUT2D eigenvalue weighted by molar-refractivity contribution is 0.540. The highest BCUT2D eigenvalue weighted by Crippen LogP contribution is 2.04. The maximum atomic E-state index is 11.4. The number of sulfone groups is 1. The van der Waals surface area contributed by atoms with Crippen LogP contribution in [0.5, 0.6) is 0 Å². The minimum absolute atomic E-state index is 0.232. The number of hydrogen-bond acceptors (Lipinski definition) is 5. The van der Waals surface area contributed by atoms with E-state index in [1.54, 1.807) is 6.07 Å². The first-order chi connectivity index (χ1) is 7.74. The van der Waals surface area contributed by atoms with Gasteiger partial charge in [0.25, 0.3) is 5.56 Å². The summed E-state index contributed by atoms with van der Waals surface area (Å²) in [5.74, 6) is -0.246. The third kappa shape index (κ3) is 3.29. The normalized spacial score (nSPS) is 13.0. The molecule has 1 unspecified atom stereocenters. The van der Waals surface area contributed by atoms with Crippen molar-refractivity contribution in [2.75, 3.05) is 12.0 Å². The topological polar surface area (TPSA) is 113 Å². The van der Waals surface area contributed by atoms with Crippen LogP contribution >= 0.6 is 0 Å². The van der Waals surface area contributed by atoms with E-state index in [2.05, 4.69) is 0 Å². The fourth-order valence-corrected chi connectivity index (χ4v) is 2.45. The van der Waals surface area contributed by atoms with Gasteiger partial charge in [0, 0.05) is 18.5 Å². The van der Waals surface area contributed by atoms with Crippen molar-refractivity contribution >= 4 is 9.84 Å². The molecule has 92 valence electrons. The zero-order valence-electron chi connectivity index (χ0n) is 9.30. The molecule has 1 atom stereocenters. The van der Waals surface area contributed by atoms with Gasteiger partial charge in [-0.15, -0.1) is 0 Å². The molecule has 0 aliphatic carbocycles. The molecule has 1 aromatic rings. The molecular weight excluding hydrogens is 246 g/mol. The highest BCUT2D eigenvalue weighted by molar-refractivity contribution is 7.90. The van der Waals surface area contributed by atoms with E-state index in [1.165, 1.54) is 6.92 Å². The van der Waals surface area contributed by atoms with Crippen LogP contribution in [0.15, 0.2) is 15.8 Å². The van der Waals surface area contributed by atoms with E-state index in [9.17, 15) is 18.0 Å². The molecule has 0 spiro atoms. The van der Waals surface area contributed by atoms with Gasteiger partial charge in [0.2, 0.25) is 0 Å². The Bertz CT molecular complexity index is 677. The number of rotatable bonds is 3. The van der Waals surface area contributed by atoms with Crippen LogP contribution in [0.2, 0.25) is 0 Å². The molecular formula is C9H11N3O4S. The second-order valence-corrected chi connectivity index (χ2v) is 5.95. The van der Waals surface area contributed by atoms with Gasteiger partial charge >= 0.3 is 5.69 Å². The summed E-state index contributed by atoms with van der Waals surface area (Å²) in [6.45, 7) is 1.52. The lowest BCUT2D eigenvalue weighted by Crippen LogP contribution is -2.34. The minimum atomic E-state index is -3.25. The Morgan fingerprint density at radius 2 is 2.12 bits per heavy atom. The summed E-state index contributed by atoms with van der Waals surface area (Å²) in [6.07, 6.45) is 2.11. The Labute approximate surface area is 97.2 Å². The van der Waals surface area contributed by atoms with Gasteiger partial charge in [-0.2, -0.15) is 5.26 Å². The van der Waals surface area contributed by atoms with Crippen LogP contribution in [0.1, 0.15) is 18.5 Å². The SMILES string of the molecule is CC(CS(C)(=O)=O)n1cc(C#N)c(=O)[nH]c1=O. The quantitative estimate of drug-likeness (QED) is 0.747. The van der Waals surface area contributed by atoms with Crippen LogP contribution in [0.4, 0.5) is 0 Å². The van der Waals surface area contributed by atoms with E-state index < -0.39 is 27.1 Å². The maximum absolute atomic E-state index is 11.4. The number of aromatic amines is 1. The van der Waals surface area contributed by atoms with E-state index in [0.29, 0.717) is 0 Å². The zero-order chi connectivity index (χ0) is 13.2. The van der Waals surface area contributed by atoms with Gasteiger partial charge < -0.3 is 0 Å².